The van der Waals surface area contributed by atoms with E-state index in [1.807, 2.05) is 0 Å². The van der Waals surface area contributed by atoms with E-state index in [1.165, 1.54) is 12.8 Å². The summed E-state index contributed by atoms with van der Waals surface area (Å²) in [6.45, 7) is 3.79. The Kier molecular flexibility index (Phi) is 2.29. The minimum Gasteiger partial charge on any atom is -0.334 e. The van der Waals surface area contributed by atoms with E-state index < -0.39 is 0 Å². The first-order valence-corrected chi connectivity index (χ1v) is 5.34. The number of nitrogens with zero attached hydrogens (tertiary/aromatic N) is 2. The Balaban J connectivity index is 2.14. The van der Waals surface area contributed by atoms with Gasteiger partial charge in [0, 0.05) is 55.0 Å². The van der Waals surface area contributed by atoms with Gasteiger partial charge in [-0.3, -0.25) is 4.79 Å². The van der Waals surface area contributed by atoms with Crippen molar-refractivity contribution in [2.45, 2.75) is 31.8 Å². The van der Waals surface area contributed by atoms with E-state index in [2.05, 4.69) is 30.9 Å². The van der Waals surface area contributed by atoms with Gasteiger partial charge in [-0.15, -0.1) is 0 Å². The number of piperazine rings is 1. The molecule has 0 aromatic carbocycles. The van der Waals surface area contributed by atoms with Crippen molar-refractivity contribution >= 4 is 28.8 Å². The summed E-state index contributed by atoms with van der Waals surface area (Å²) in [5.74, 6) is 0.256. The van der Waals surface area contributed by atoms with E-state index in [0.29, 0.717) is 12.1 Å². The van der Waals surface area contributed by atoms with Crippen LogP contribution in [0.4, 0.5) is 0 Å². The molecule has 2 heterocycles. The summed E-state index contributed by atoms with van der Waals surface area (Å²) < 4.78 is 2.31. The molecule has 0 aliphatic carbocycles. The number of halogens is 1. The van der Waals surface area contributed by atoms with Gasteiger partial charge in [0.1, 0.15) is 0 Å². The summed E-state index contributed by atoms with van der Waals surface area (Å²) in [6.07, 6.45) is 2.40. The average Bonchev–Trinajstić information content (AvgIpc) is 2.24. The minimum absolute atomic E-state index is 0.256. The highest BCUT2D eigenvalue weighted by Crippen LogP contribution is 2.31. The lowest BCUT2D eigenvalue weighted by Crippen LogP contribution is -2.52. The Morgan fingerprint density at radius 1 is 1.33 bits per heavy atom. The van der Waals surface area contributed by atoms with Crippen LogP contribution in [0.2, 0.25) is 0 Å². The summed E-state index contributed by atoms with van der Waals surface area (Å²) in [6, 6.07) is 0.997. The van der Waals surface area contributed by atoms with Gasteiger partial charge in [-0.25, -0.2) is 3.11 Å². The van der Waals surface area contributed by atoms with Gasteiger partial charge in [-0.05, 0) is 12.8 Å². The van der Waals surface area contributed by atoms with Crippen LogP contribution in [0.5, 0.6) is 0 Å². The molecule has 68 valence electrons. The largest absolute Gasteiger partial charge is 0.334 e. The van der Waals surface area contributed by atoms with Crippen LogP contribution in [-0.2, 0) is 4.79 Å². The van der Waals surface area contributed by atoms with Crippen molar-refractivity contribution in [3.63, 3.8) is 0 Å². The number of carbonyl (C=O) groups excluding carboxylic acids is 1. The summed E-state index contributed by atoms with van der Waals surface area (Å²) >= 11 is 2.36. The van der Waals surface area contributed by atoms with Crippen LogP contribution in [0.1, 0.15) is 19.8 Å². The molecule has 4 heteroatoms. The van der Waals surface area contributed by atoms with Gasteiger partial charge in [-0.2, -0.15) is 0 Å². The van der Waals surface area contributed by atoms with Crippen LogP contribution >= 0.6 is 22.9 Å². The van der Waals surface area contributed by atoms with Crippen LogP contribution < -0.4 is 0 Å². The SMILES string of the molecule is CC(=O)N1C2CCC1CN(I)C2. The Morgan fingerprint density at radius 2 is 1.83 bits per heavy atom. The molecule has 2 rings (SSSR count). The number of hydrogen-bond donors (Lipinski definition) is 0. The van der Waals surface area contributed by atoms with Gasteiger partial charge < -0.3 is 4.90 Å². The topological polar surface area (TPSA) is 23.6 Å². The van der Waals surface area contributed by atoms with Crippen molar-refractivity contribution in [2.75, 3.05) is 13.1 Å². The molecule has 2 aliphatic rings. The molecule has 0 saturated carbocycles. The first-order valence-electron chi connectivity index (χ1n) is 4.38. The highest BCUT2D eigenvalue weighted by Gasteiger charge is 2.40. The Bertz CT molecular complexity index is 195. The van der Waals surface area contributed by atoms with Crippen LogP contribution in [0.15, 0.2) is 0 Å². The molecule has 0 N–H and O–H groups in total. The highest BCUT2D eigenvalue weighted by molar-refractivity contribution is 14.1. The maximum atomic E-state index is 11.3. The second kappa shape index (κ2) is 3.14. The van der Waals surface area contributed by atoms with E-state index in [-0.39, 0.29) is 5.91 Å². The lowest BCUT2D eigenvalue weighted by Gasteiger charge is -2.37. The Hall–Kier alpha value is 0.160. The molecular weight excluding hydrogens is 267 g/mol. The maximum absolute atomic E-state index is 11.3. The third-order valence-corrected chi connectivity index (χ3v) is 3.59. The average molecular weight is 280 g/mol. The molecular formula is C8H13IN2O. The summed E-state index contributed by atoms with van der Waals surface area (Å²) in [7, 11) is 0. The molecule has 0 radical (unpaired) electrons. The van der Waals surface area contributed by atoms with Crippen molar-refractivity contribution < 1.29 is 4.79 Å². The summed E-state index contributed by atoms with van der Waals surface area (Å²) in [4.78, 5) is 13.3. The molecule has 3 nitrogen and oxygen atoms in total. The number of rotatable bonds is 0. The van der Waals surface area contributed by atoms with Gasteiger partial charge in [0.2, 0.25) is 5.91 Å². The van der Waals surface area contributed by atoms with Gasteiger partial charge in [0.05, 0.1) is 0 Å². The smallest absolute Gasteiger partial charge is 0.220 e. The van der Waals surface area contributed by atoms with Gasteiger partial charge in [-0.1, -0.05) is 0 Å². The molecule has 2 bridgehead atoms. The van der Waals surface area contributed by atoms with Crippen molar-refractivity contribution in [3.8, 4) is 0 Å². The molecule has 0 spiro atoms. The first kappa shape index (κ1) is 8.74. The molecule has 2 unspecified atom stereocenters. The van der Waals surface area contributed by atoms with Crippen molar-refractivity contribution in [1.29, 1.82) is 0 Å². The fraction of sp³-hybridized carbons (Fsp3) is 0.875. The lowest BCUT2D eigenvalue weighted by molar-refractivity contribution is -0.133. The third kappa shape index (κ3) is 1.35. The zero-order valence-electron chi connectivity index (χ0n) is 7.16. The van der Waals surface area contributed by atoms with Crippen molar-refractivity contribution in [2.24, 2.45) is 0 Å². The van der Waals surface area contributed by atoms with E-state index in [1.54, 1.807) is 6.92 Å². The monoisotopic (exact) mass is 280 g/mol. The Morgan fingerprint density at radius 3 is 2.25 bits per heavy atom. The standard InChI is InChI=1S/C8H13IN2O/c1-6(12)11-7-2-3-8(11)5-10(9)4-7/h7-8H,2-5H2,1H3. The molecule has 0 aromatic rings. The molecule has 2 saturated heterocycles. The van der Waals surface area contributed by atoms with Crippen LogP contribution in [0.3, 0.4) is 0 Å². The first-order chi connectivity index (χ1) is 5.68. The van der Waals surface area contributed by atoms with Gasteiger partial charge >= 0.3 is 0 Å². The van der Waals surface area contributed by atoms with Crippen LogP contribution in [-0.4, -0.2) is 39.1 Å². The Labute approximate surface area is 86.6 Å². The second-order valence-corrected chi connectivity index (χ2v) is 5.00. The third-order valence-electron chi connectivity index (χ3n) is 2.80. The second-order valence-electron chi connectivity index (χ2n) is 3.64. The predicted molar refractivity (Wildman–Crippen MR) is 54.9 cm³/mol. The molecule has 2 fully saturated rings. The van der Waals surface area contributed by atoms with Gasteiger partial charge in [0.25, 0.3) is 0 Å². The zero-order chi connectivity index (χ0) is 8.72. The fourth-order valence-electron chi connectivity index (χ4n) is 2.37. The predicted octanol–water partition coefficient (Wildman–Crippen LogP) is 1.03. The summed E-state index contributed by atoms with van der Waals surface area (Å²) in [5.41, 5.74) is 0. The number of amides is 1. The van der Waals surface area contributed by atoms with Crippen molar-refractivity contribution in [1.82, 2.24) is 8.01 Å². The van der Waals surface area contributed by atoms with Crippen LogP contribution in [0.25, 0.3) is 0 Å². The van der Waals surface area contributed by atoms with E-state index in [4.69, 9.17) is 0 Å². The minimum atomic E-state index is 0.256. The highest BCUT2D eigenvalue weighted by atomic mass is 127. The maximum Gasteiger partial charge on any atom is 0.220 e. The molecule has 0 aromatic heterocycles. The zero-order valence-corrected chi connectivity index (χ0v) is 9.32. The number of hydrogen-bond acceptors (Lipinski definition) is 2. The fourth-order valence-corrected chi connectivity index (χ4v) is 3.28. The van der Waals surface area contributed by atoms with E-state index in [0.717, 1.165) is 13.1 Å². The lowest BCUT2D eigenvalue weighted by atomic mass is 10.2. The van der Waals surface area contributed by atoms with E-state index in [9.17, 15) is 4.79 Å². The number of fused-ring (bicyclic) bond motifs is 2. The van der Waals surface area contributed by atoms with E-state index >= 15 is 0 Å². The summed E-state index contributed by atoms with van der Waals surface area (Å²) in [5, 5.41) is 0. The number of carbonyl (C=O) groups is 1. The molecule has 2 atom stereocenters. The quantitative estimate of drug-likeness (QED) is 0.489. The molecule has 12 heavy (non-hydrogen) atoms. The molecule has 2 aliphatic heterocycles. The van der Waals surface area contributed by atoms with Crippen LogP contribution in [0, 0.1) is 0 Å². The molecule has 1 amide bonds. The van der Waals surface area contributed by atoms with Gasteiger partial charge in [0.15, 0.2) is 0 Å². The van der Waals surface area contributed by atoms with Crippen molar-refractivity contribution in [3.05, 3.63) is 0 Å². The normalized spacial score (nSPS) is 35.7.